The fourth-order valence-electron chi connectivity index (χ4n) is 3.85. The molecule has 0 aliphatic heterocycles. The van der Waals surface area contributed by atoms with E-state index in [1.165, 1.54) is 28.5 Å². The van der Waals surface area contributed by atoms with Crippen LogP contribution in [0.1, 0.15) is 39.5 Å². The molecule has 9 heteroatoms. The zero-order chi connectivity index (χ0) is 20.5. The largest absolute Gasteiger partial charge is 0.353 e. The van der Waals surface area contributed by atoms with Crippen molar-refractivity contribution in [2.75, 3.05) is 5.75 Å². The first-order valence-electron chi connectivity index (χ1n) is 9.93. The smallest absolute Gasteiger partial charge is 0.262 e. The Bertz CT molecular complexity index is 1120. The molecule has 1 amide bonds. The molecule has 154 valence electrons. The van der Waals surface area contributed by atoms with E-state index >= 15 is 0 Å². The highest BCUT2D eigenvalue weighted by molar-refractivity contribution is 7.99. The number of fused-ring (bicyclic) bond motifs is 3. The third-order valence-corrected chi connectivity index (χ3v) is 6.06. The lowest BCUT2D eigenvalue weighted by Gasteiger charge is -2.13. The summed E-state index contributed by atoms with van der Waals surface area (Å²) < 4.78 is 17.1. The molecule has 2 aromatic heterocycles. The molecule has 0 bridgehead atoms. The lowest BCUT2D eigenvalue weighted by Crippen LogP contribution is -2.33. The number of thioether (sulfide) groups is 1. The van der Waals surface area contributed by atoms with Crippen LogP contribution in [-0.4, -0.2) is 36.9 Å². The third-order valence-electron chi connectivity index (χ3n) is 5.13. The van der Waals surface area contributed by atoms with Crippen LogP contribution in [0.15, 0.2) is 28.2 Å². The van der Waals surface area contributed by atoms with Crippen molar-refractivity contribution in [3.8, 4) is 0 Å². The van der Waals surface area contributed by atoms with Crippen LogP contribution in [0.5, 0.6) is 0 Å². The summed E-state index contributed by atoms with van der Waals surface area (Å²) in [4.78, 5) is 25.3. The van der Waals surface area contributed by atoms with Crippen molar-refractivity contribution in [1.29, 1.82) is 0 Å². The molecule has 0 saturated heterocycles. The van der Waals surface area contributed by atoms with Crippen molar-refractivity contribution in [3.05, 3.63) is 34.4 Å². The molecule has 4 rings (SSSR count). The number of halogens is 1. The van der Waals surface area contributed by atoms with Crippen LogP contribution >= 0.6 is 11.8 Å². The van der Waals surface area contributed by atoms with Crippen LogP contribution in [-0.2, 0) is 11.3 Å². The van der Waals surface area contributed by atoms with Gasteiger partial charge in [-0.3, -0.25) is 18.6 Å². The van der Waals surface area contributed by atoms with Gasteiger partial charge in [-0.05, 0) is 37.0 Å². The van der Waals surface area contributed by atoms with Gasteiger partial charge in [-0.15, -0.1) is 10.2 Å². The molecule has 0 atom stereocenters. The van der Waals surface area contributed by atoms with Crippen molar-refractivity contribution < 1.29 is 9.18 Å². The van der Waals surface area contributed by atoms with Gasteiger partial charge < -0.3 is 5.32 Å². The molecule has 0 radical (unpaired) electrons. The van der Waals surface area contributed by atoms with Crippen molar-refractivity contribution in [1.82, 2.24) is 24.5 Å². The predicted octanol–water partition coefficient (Wildman–Crippen LogP) is 2.99. The number of carbonyl (C=O) groups excluding carboxylic acids is 1. The van der Waals surface area contributed by atoms with Crippen LogP contribution in [0, 0.1) is 11.7 Å². The van der Waals surface area contributed by atoms with Gasteiger partial charge in [0.1, 0.15) is 5.82 Å². The van der Waals surface area contributed by atoms with E-state index in [2.05, 4.69) is 15.5 Å². The number of nitrogens with one attached hydrogen (secondary N) is 1. The van der Waals surface area contributed by atoms with Crippen molar-refractivity contribution in [3.63, 3.8) is 0 Å². The Morgan fingerprint density at radius 2 is 2.07 bits per heavy atom. The maximum atomic E-state index is 13.8. The zero-order valence-electron chi connectivity index (χ0n) is 16.5. The molecule has 0 spiro atoms. The number of nitrogens with zero attached hydrogens (tertiary/aromatic N) is 4. The van der Waals surface area contributed by atoms with Crippen molar-refractivity contribution in [2.45, 2.75) is 57.3 Å². The quantitative estimate of drug-likeness (QED) is 0.624. The first-order chi connectivity index (χ1) is 13.9. The normalized spacial score (nSPS) is 15.0. The monoisotopic (exact) mass is 417 g/mol. The van der Waals surface area contributed by atoms with E-state index in [1.807, 2.05) is 13.8 Å². The number of hydrogen-bond acceptors (Lipinski definition) is 5. The van der Waals surface area contributed by atoms with Gasteiger partial charge in [-0.25, -0.2) is 4.39 Å². The summed E-state index contributed by atoms with van der Waals surface area (Å²) in [6, 6.07) is 4.38. The van der Waals surface area contributed by atoms with Crippen molar-refractivity contribution in [2.24, 2.45) is 5.92 Å². The van der Waals surface area contributed by atoms with E-state index in [0.29, 0.717) is 23.0 Å². The Hall–Kier alpha value is -2.42. The third kappa shape index (κ3) is 4.01. The summed E-state index contributed by atoms with van der Waals surface area (Å²) >= 11 is 1.27. The van der Waals surface area contributed by atoms with Gasteiger partial charge in [-0.1, -0.05) is 38.5 Å². The Kier molecular flexibility index (Phi) is 5.58. The van der Waals surface area contributed by atoms with Crippen molar-refractivity contribution >= 4 is 34.3 Å². The SMILES string of the molecule is CC(C)Cn1c(=O)c2cc(F)ccc2n2c(SCC(=O)NC3CCCC3)nnc12. The Labute approximate surface area is 171 Å². The summed E-state index contributed by atoms with van der Waals surface area (Å²) in [7, 11) is 0. The Morgan fingerprint density at radius 1 is 1.31 bits per heavy atom. The topological polar surface area (TPSA) is 81.3 Å². The van der Waals surface area contributed by atoms with Gasteiger partial charge in [0.25, 0.3) is 5.56 Å². The average Bonchev–Trinajstić information content (AvgIpc) is 3.33. The minimum absolute atomic E-state index is 0.0375. The molecule has 1 aliphatic rings. The standard InChI is InChI=1S/C20H24FN5O2S/c1-12(2)10-25-18(28)15-9-13(21)7-8-16(15)26-19(25)23-24-20(26)29-11-17(27)22-14-5-3-4-6-14/h7-9,12,14H,3-6,10-11H2,1-2H3,(H,22,27). The van der Waals surface area contributed by atoms with E-state index in [9.17, 15) is 14.0 Å². The number of aromatic nitrogens is 4. The highest BCUT2D eigenvalue weighted by Gasteiger charge is 2.20. The fraction of sp³-hybridized carbons (Fsp3) is 0.500. The number of benzene rings is 1. The molecule has 2 heterocycles. The number of hydrogen-bond donors (Lipinski definition) is 1. The zero-order valence-corrected chi connectivity index (χ0v) is 17.3. The van der Waals surface area contributed by atoms with E-state index in [-0.39, 0.29) is 34.6 Å². The number of amides is 1. The molecular weight excluding hydrogens is 393 g/mol. The van der Waals surface area contributed by atoms with E-state index < -0.39 is 5.82 Å². The highest BCUT2D eigenvalue weighted by Crippen LogP contribution is 2.23. The molecule has 3 aromatic rings. The van der Waals surface area contributed by atoms with Crippen LogP contribution < -0.4 is 10.9 Å². The molecule has 1 N–H and O–H groups in total. The first kappa shape index (κ1) is 19.9. The second-order valence-electron chi connectivity index (χ2n) is 7.93. The molecule has 1 fully saturated rings. The van der Waals surface area contributed by atoms with Gasteiger partial charge in [0.2, 0.25) is 11.7 Å². The van der Waals surface area contributed by atoms with Gasteiger partial charge in [0, 0.05) is 12.6 Å². The fourth-order valence-corrected chi connectivity index (χ4v) is 4.60. The maximum absolute atomic E-state index is 13.8. The summed E-state index contributed by atoms with van der Waals surface area (Å²) in [5.41, 5.74) is 0.249. The van der Waals surface area contributed by atoms with Crippen LogP contribution in [0.2, 0.25) is 0 Å². The molecule has 7 nitrogen and oxygen atoms in total. The lowest BCUT2D eigenvalue weighted by molar-refractivity contribution is -0.119. The Balaban J connectivity index is 1.71. The first-order valence-corrected chi connectivity index (χ1v) is 10.9. The minimum atomic E-state index is -0.469. The molecule has 0 unspecified atom stereocenters. The predicted molar refractivity (Wildman–Crippen MR) is 111 cm³/mol. The molecule has 29 heavy (non-hydrogen) atoms. The molecular formula is C20H24FN5O2S. The second kappa shape index (κ2) is 8.14. The van der Waals surface area contributed by atoms with Crippen LogP contribution in [0.4, 0.5) is 4.39 Å². The maximum Gasteiger partial charge on any atom is 0.262 e. The van der Waals surface area contributed by atoms with Gasteiger partial charge in [0.05, 0.1) is 16.7 Å². The summed E-state index contributed by atoms with van der Waals surface area (Å²) in [6.07, 6.45) is 4.37. The number of carbonyl (C=O) groups is 1. The van der Waals surface area contributed by atoms with Gasteiger partial charge in [-0.2, -0.15) is 0 Å². The van der Waals surface area contributed by atoms with Crippen LogP contribution in [0.25, 0.3) is 16.7 Å². The molecule has 1 aromatic carbocycles. The number of rotatable bonds is 6. The highest BCUT2D eigenvalue weighted by atomic mass is 32.2. The van der Waals surface area contributed by atoms with Crippen LogP contribution in [0.3, 0.4) is 0 Å². The summed E-state index contributed by atoms with van der Waals surface area (Å²) in [5.74, 6) is 0.310. The van der Waals surface area contributed by atoms with Gasteiger partial charge >= 0.3 is 0 Å². The van der Waals surface area contributed by atoms with E-state index in [4.69, 9.17) is 0 Å². The second-order valence-corrected chi connectivity index (χ2v) is 8.87. The molecule has 1 saturated carbocycles. The Morgan fingerprint density at radius 3 is 2.79 bits per heavy atom. The summed E-state index contributed by atoms with van der Waals surface area (Å²) in [6.45, 7) is 4.44. The van der Waals surface area contributed by atoms with E-state index in [1.54, 1.807) is 10.5 Å². The average molecular weight is 418 g/mol. The minimum Gasteiger partial charge on any atom is -0.353 e. The summed E-state index contributed by atoms with van der Waals surface area (Å²) in [5, 5.41) is 12.3. The molecule has 1 aliphatic carbocycles. The van der Waals surface area contributed by atoms with E-state index in [0.717, 1.165) is 25.7 Å². The van der Waals surface area contributed by atoms with Gasteiger partial charge in [0.15, 0.2) is 5.16 Å². The lowest BCUT2D eigenvalue weighted by atomic mass is 10.2.